The fraction of sp³-hybridized carbons (Fsp3) is 0.222. The van der Waals surface area contributed by atoms with Gasteiger partial charge in [-0.2, -0.15) is 0 Å². The second kappa shape index (κ2) is 6.00. The molecule has 7 heteroatoms. The zero-order valence-electron chi connectivity index (χ0n) is 12.9. The van der Waals surface area contributed by atoms with Gasteiger partial charge in [-0.1, -0.05) is 41.4 Å². The number of benzene rings is 2. The van der Waals surface area contributed by atoms with Crippen molar-refractivity contribution in [3.8, 4) is 0 Å². The fourth-order valence-electron chi connectivity index (χ4n) is 3.91. The van der Waals surface area contributed by atoms with E-state index in [4.69, 9.17) is 23.2 Å². The first-order valence-corrected chi connectivity index (χ1v) is 8.58. The van der Waals surface area contributed by atoms with Crippen LogP contribution in [0.4, 0.5) is 15.8 Å². The lowest BCUT2D eigenvalue weighted by molar-refractivity contribution is -0.385. The lowest BCUT2D eigenvalue weighted by Crippen LogP contribution is -2.30. The predicted molar refractivity (Wildman–Crippen MR) is 95.9 cm³/mol. The van der Waals surface area contributed by atoms with E-state index in [1.54, 1.807) is 18.2 Å². The maximum Gasteiger partial charge on any atom is 0.275 e. The number of nitrogens with one attached hydrogen (secondary N) is 1. The molecule has 2 aliphatic rings. The number of anilines is 1. The first-order chi connectivity index (χ1) is 12.0. The molecule has 0 aromatic heterocycles. The molecule has 0 saturated heterocycles. The van der Waals surface area contributed by atoms with E-state index < -0.39 is 10.7 Å². The van der Waals surface area contributed by atoms with Gasteiger partial charge in [-0.25, -0.2) is 4.39 Å². The summed E-state index contributed by atoms with van der Waals surface area (Å²) in [5, 5.41) is 15.5. The Labute approximate surface area is 153 Å². The van der Waals surface area contributed by atoms with Gasteiger partial charge in [0, 0.05) is 27.6 Å². The number of hydrogen-bond acceptors (Lipinski definition) is 3. The van der Waals surface area contributed by atoms with E-state index in [9.17, 15) is 14.5 Å². The smallest absolute Gasteiger partial charge is 0.275 e. The fourth-order valence-corrected chi connectivity index (χ4v) is 4.54. The monoisotopic (exact) mass is 378 g/mol. The molecule has 0 radical (unpaired) electrons. The van der Waals surface area contributed by atoms with Crippen molar-refractivity contribution in [1.82, 2.24) is 0 Å². The summed E-state index contributed by atoms with van der Waals surface area (Å²) < 4.78 is 14.5. The van der Waals surface area contributed by atoms with Crippen molar-refractivity contribution in [2.45, 2.75) is 18.4 Å². The molecule has 0 spiro atoms. The van der Waals surface area contributed by atoms with Gasteiger partial charge in [-0.05, 0) is 30.5 Å². The Hall–Kier alpha value is -2.11. The van der Waals surface area contributed by atoms with E-state index >= 15 is 0 Å². The van der Waals surface area contributed by atoms with E-state index in [1.165, 1.54) is 6.07 Å². The average molecular weight is 379 g/mol. The Kier molecular flexibility index (Phi) is 3.93. The summed E-state index contributed by atoms with van der Waals surface area (Å²) in [6, 6.07) is 7.24. The van der Waals surface area contributed by atoms with Gasteiger partial charge in [-0.3, -0.25) is 10.1 Å². The minimum absolute atomic E-state index is 0.0228. The van der Waals surface area contributed by atoms with Crippen LogP contribution in [-0.4, -0.2) is 4.92 Å². The lowest BCUT2D eigenvalue weighted by Gasteiger charge is -2.37. The molecule has 4 rings (SSSR count). The molecule has 4 nitrogen and oxygen atoms in total. The van der Waals surface area contributed by atoms with Crippen LogP contribution in [0.1, 0.15) is 29.5 Å². The summed E-state index contributed by atoms with van der Waals surface area (Å²) in [5.74, 6) is -0.803. The Morgan fingerprint density at radius 2 is 1.88 bits per heavy atom. The zero-order valence-corrected chi connectivity index (χ0v) is 14.4. The highest BCUT2D eigenvalue weighted by Crippen LogP contribution is 2.54. The first kappa shape index (κ1) is 16.4. The van der Waals surface area contributed by atoms with E-state index in [2.05, 4.69) is 5.32 Å². The summed E-state index contributed by atoms with van der Waals surface area (Å²) in [6.07, 6.45) is 4.59. The molecule has 3 atom stereocenters. The highest BCUT2D eigenvalue weighted by molar-refractivity contribution is 6.36. The van der Waals surface area contributed by atoms with E-state index in [1.807, 2.05) is 12.2 Å². The molecule has 1 N–H and O–H groups in total. The van der Waals surface area contributed by atoms with Gasteiger partial charge in [0.25, 0.3) is 5.69 Å². The largest absolute Gasteiger partial charge is 0.375 e. The third kappa shape index (κ3) is 2.50. The van der Waals surface area contributed by atoms with Crippen molar-refractivity contribution in [1.29, 1.82) is 0 Å². The van der Waals surface area contributed by atoms with Crippen molar-refractivity contribution < 1.29 is 9.31 Å². The minimum Gasteiger partial charge on any atom is -0.375 e. The van der Waals surface area contributed by atoms with Crippen LogP contribution in [-0.2, 0) is 0 Å². The second-order valence-electron chi connectivity index (χ2n) is 6.22. The van der Waals surface area contributed by atoms with Crippen LogP contribution in [0.15, 0.2) is 42.5 Å². The summed E-state index contributed by atoms with van der Waals surface area (Å²) in [6.45, 7) is 0. The van der Waals surface area contributed by atoms with Crippen LogP contribution in [0.5, 0.6) is 0 Å². The van der Waals surface area contributed by atoms with Gasteiger partial charge in [0.15, 0.2) is 0 Å². The maximum atomic E-state index is 14.5. The number of allylic oxidation sites excluding steroid dienone is 2. The Bertz CT molecular complexity index is 896. The van der Waals surface area contributed by atoms with Crippen LogP contribution in [0.2, 0.25) is 10.0 Å². The van der Waals surface area contributed by atoms with Gasteiger partial charge >= 0.3 is 0 Å². The predicted octanol–water partition coefficient (Wildman–Crippen LogP) is 5.87. The Balaban J connectivity index is 1.92. The lowest BCUT2D eigenvalue weighted by atomic mass is 9.76. The zero-order chi connectivity index (χ0) is 17.7. The second-order valence-corrected chi connectivity index (χ2v) is 7.04. The van der Waals surface area contributed by atoms with Crippen molar-refractivity contribution in [3.63, 3.8) is 0 Å². The molecule has 3 unspecified atom stereocenters. The number of nitro benzene ring substituents is 1. The number of nitrogens with zero attached hydrogens (tertiary/aromatic N) is 1. The molecular weight excluding hydrogens is 366 g/mol. The number of nitro groups is 1. The molecule has 1 heterocycles. The quantitative estimate of drug-likeness (QED) is 0.404. The minimum atomic E-state index is -0.521. The summed E-state index contributed by atoms with van der Waals surface area (Å²) >= 11 is 12.7. The molecule has 2 aromatic carbocycles. The van der Waals surface area contributed by atoms with Gasteiger partial charge < -0.3 is 5.32 Å². The standard InChI is InChI=1S/C18H13Cl2FN2O2/c19-11-5-2-6-12(20)16(11)17-10-4-1-3-9(10)15-14(23(24)25)8-7-13(21)18(15)22-17/h1-3,5-10,17,22H,4H2. The molecule has 0 amide bonds. The van der Waals surface area contributed by atoms with Crippen LogP contribution >= 0.6 is 23.2 Å². The van der Waals surface area contributed by atoms with Crippen LogP contribution < -0.4 is 5.32 Å². The third-order valence-electron chi connectivity index (χ3n) is 4.95. The molecule has 0 bridgehead atoms. The van der Waals surface area contributed by atoms with Crippen molar-refractivity contribution in [3.05, 3.63) is 79.6 Å². The summed E-state index contributed by atoms with van der Waals surface area (Å²) in [7, 11) is 0. The number of rotatable bonds is 2. The van der Waals surface area contributed by atoms with Gasteiger partial charge in [-0.15, -0.1) is 0 Å². The van der Waals surface area contributed by atoms with Crippen molar-refractivity contribution in [2.75, 3.05) is 5.32 Å². The van der Waals surface area contributed by atoms with Gasteiger partial charge in [0.05, 0.1) is 22.2 Å². The number of halogens is 3. The highest BCUT2D eigenvalue weighted by atomic mass is 35.5. The highest BCUT2D eigenvalue weighted by Gasteiger charge is 2.43. The van der Waals surface area contributed by atoms with Gasteiger partial charge in [0.1, 0.15) is 5.82 Å². The molecule has 1 aliphatic carbocycles. The van der Waals surface area contributed by atoms with Crippen molar-refractivity contribution in [2.24, 2.45) is 5.92 Å². The average Bonchev–Trinajstić information content (AvgIpc) is 3.05. The summed E-state index contributed by atoms with van der Waals surface area (Å²) in [5.41, 5.74) is 1.17. The molecule has 128 valence electrons. The van der Waals surface area contributed by atoms with E-state index in [-0.39, 0.29) is 29.3 Å². The van der Waals surface area contributed by atoms with E-state index in [0.29, 0.717) is 27.6 Å². The van der Waals surface area contributed by atoms with Crippen molar-refractivity contribution >= 4 is 34.6 Å². The molecule has 0 fully saturated rings. The van der Waals surface area contributed by atoms with Crippen LogP contribution in [0, 0.1) is 21.8 Å². The molecule has 0 saturated carbocycles. The SMILES string of the molecule is O=[N+]([O-])c1ccc(F)c2c1C1C=CCC1C(c1c(Cl)cccc1Cl)N2. The normalized spacial score (nSPS) is 23.7. The Morgan fingerprint density at radius 3 is 2.56 bits per heavy atom. The van der Waals surface area contributed by atoms with Gasteiger partial charge in [0.2, 0.25) is 0 Å². The topological polar surface area (TPSA) is 55.2 Å². The van der Waals surface area contributed by atoms with E-state index in [0.717, 1.165) is 6.07 Å². The molecule has 25 heavy (non-hydrogen) atoms. The summed E-state index contributed by atoms with van der Waals surface area (Å²) in [4.78, 5) is 11.0. The number of fused-ring (bicyclic) bond motifs is 3. The number of hydrogen-bond donors (Lipinski definition) is 1. The Morgan fingerprint density at radius 1 is 1.16 bits per heavy atom. The van der Waals surface area contributed by atoms with Crippen LogP contribution in [0.25, 0.3) is 0 Å². The third-order valence-corrected chi connectivity index (χ3v) is 5.61. The molecule has 2 aromatic rings. The first-order valence-electron chi connectivity index (χ1n) is 7.83. The maximum absolute atomic E-state index is 14.5. The van der Waals surface area contributed by atoms with Crippen LogP contribution in [0.3, 0.4) is 0 Å². The molecule has 1 aliphatic heterocycles. The molecular formula is C18H13Cl2FN2O2.